The predicted octanol–water partition coefficient (Wildman–Crippen LogP) is 7.21. The number of benzene rings is 4. The fourth-order valence-electron chi connectivity index (χ4n) is 5.03. The molecule has 7 heteroatoms. The molecular formula is C32H19N7. The van der Waals surface area contributed by atoms with Crippen molar-refractivity contribution < 1.29 is 0 Å². The summed E-state index contributed by atoms with van der Waals surface area (Å²) in [7, 11) is 0. The minimum atomic E-state index is 0.416. The van der Waals surface area contributed by atoms with Crippen molar-refractivity contribution in [1.82, 2.24) is 19.5 Å². The summed E-state index contributed by atoms with van der Waals surface area (Å²) in [6.45, 7) is 11.1. The number of hydrogen-bond acceptors (Lipinski definition) is 5. The van der Waals surface area contributed by atoms with E-state index in [-0.39, 0.29) is 0 Å². The molecule has 0 aliphatic rings. The lowest BCUT2D eigenvalue weighted by Crippen LogP contribution is -2.03. The van der Waals surface area contributed by atoms with Crippen LogP contribution in [0.5, 0.6) is 0 Å². The molecule has 4 aromatic carbocycles. The number of hydrogen-bond donors (Lipinski definition) is 0. The van der Waals surface area contributed by atoms with Crippen LogP contribution in [0.1, 0.15) is 22.8 Å². The molecule has 0 fully saturated rings. The smallest absolute Gasteiger partial charge is 0.189 e. The molecule has 7 nitrogen and oxygen atoms in total. The van der Waals surface area contributed by atoms with Gasteiger partial charge in [0.25, 0.3) is 0 Å². The van der Waals surface area contributed by atoms with Gasteiger partial charge in [0.15, 0.2) is 11.5 Å². The maximum Gasteiger partial charge on any atom is 0.189 e. The topological polar surface area (TPSA) is 95.5 Å². The highest BCUT2D eigenvalue weighted by molar-refractivity contribution is 6.10. The average Bonchev–Trinajstić information content (AvgIpc) is 3.29. The third-order valence-corrected chi connectivity index (χ3v) is 6.65. The van der Waals surface area contributed by atoms with Crippen LogP contribution >= 0.6 is 0 Å². The number of rotatable bonds is 3. The Hall–Kier alpha value is -5.84. The van der Waals surface area contributed by atoms with Gasteiger partial charge in [-0.1, -0.05) is 30.3 Å². The highest BCUT2D eigenvalue weighted by Crippen LogP contribution is 2.38. The molecule has 6 aromatic rings. The first-order valence-corrected chi connectivity index (χ1v) is 12.2. The van der Waals surface area contributed by atoms with E-state index in [9.17, 15) is 10.5 Å². The molecule has 0 amide bonds. The van der Waals surface area contributed by atoms with Gasteiger partial charge in [-0.05, 0) is 73.5 Å². The second kappa shape index (κ2) is 9.23. The lowest BCUT2D eigenvalue weighted by molar-refractivity contribution is 0.926. The molecule has 2 aromatic heterocycles. The standard InChI is InChI=1S/C32H19N7/c1-19-36-20(2)38-32(37-19)28-14-21(17-33)8-11-30(28)39-29-7-5-4-6-26(29)27-10-9-23(16-31(27)39)24-12-22(18-34)13-25(15-24)35-3/h4-16H,1-2H3. The van der Waals surface area contributed by atoms with Crippen LogP contribution in [0.2, 0.25) is 0 Å². The summed E-state index contributed by atoms with van der Waals surface area (Å²) >= 11 is 0. The Bertz CT molecular complexity index is 2030. The minimum Gasteiger partial charge on any atom is -0.308 e. The van der Waals surface area contributed by atoms with Gasteiger partial charge < -0.3 is 4.57 Å². The molecule has 0 radical (unpaired) electrons. The molecule has 2 heterocycles. The first kappa shape index (κ1) is 23.6. The quantitative estimate of drug-likeness (QED) is 0.239. The second-order valence-electron chi connectivity index (χ2n) is 9.17. The zero-order valence-electron chi connectivity index (χ0n) is 21.1. The summed E-state index contributed by atoms with van der Waals surface area (Å²) in [5.41, 5.74) is 6.52. The Morgan fingerprint density at radius 3 is 2.21 bits per heavy atom. The average molecular weight is 502 g/mol. The lowest BCUT2D eigenvalue weighted by atomic mass is 10.0. The highest BCUT2D eigenvalue weighted by Gasteiger charge is 2.19. The molecule has 0 aliphatic carbocycles. The number of para-hydroxylation sites is 1. The van der Waals surface area contributed by atoms with Crippen LogP contribution in [0, 0.1) is 43.1 Å². The van der Waals surface area contributed by atoms with Crippen molar-refractivity contribution in [3.8, 4) is 40.3 Å². The van der Waals surface area contributed by atoms with Gasteiger partial charge in [-0.3, -0.25) is 0 Å². The summed E-state index contributed by atoms with van der Waals surface area (Å²) in [6, 6.07) is 29.4. The van der Waals surface area contributed by atoms with Crippen molar-refractivity contribution in [1.29, 1.82) is 10.5 Å². The number of nitrogens with zero attached hydrogens (tertiary/aromatic N) is 7. The van der Waals surface area contributed by atoms with E-state index in [1.54, 1.807) is 24.3 Å². The van der Waals surface area contributed by atoms with Gasteiger partial charge in [0.2, 0.25) is 0 Å². The third kappa shape index (κ3) is 4.03. The van der Waals surface area contributed by atoms with E-state index in [4.69, 9.17) is 6.57 Å². The molecule has 182 valence electrons. The maximum atomic E-state index is 9.68. The van der Waals surface area contributed by atoms with Crippen molar-refractivity contribution >= 4 is 27.5 Å². The van der Waals surface area contributed by atoms with Crippen LogP contribution in [-0.2, 0) is 0 Å². The zero-order chi connectivity index (χ0) is 27.1. The minimum absolute atomic E-state index is 0.416. The Morgan fingerprint density at radius 2 is 1.46 bits per heavy atom. The fourth-order valence-corrected chi connectivity index (χ4v) is 5.03. The fraction of sp³-hybridized carbons (Fsp3) is 0.0625. The van der Waals surface area contributed by atoms with Crippen LogP contribution in [-0.4, -0.2) is 19.5 Å². The SMILES string of the molecule is [C-]#[N+]c1cc(C#N)cc(-c2ccc3c4ccccc4n(-c4ccc(C#N)cc4-c4nc(C)nc(C)n4)c3c2)c1. The van der Waals surface area contributed by atoms with Gasteiger partial charge in [0.1, 0.15) is 11.6 Å². The molecule has 0 atom stereocenters. The van der Waals surface area contributed by atoms with Crippen molar-refractivity contribution in [2.45, 2.75) is 13.8 Å². The molecule has 0 saturated heterocycles. The molecule has 39 heavy (non-hydrogen) atoms. The van der Waals surface area contributed by atoms with Gasteiger partial charge in [-0.2, -0.15) is 10.5 Å². The molecule has 0 bridgehead atoms. The number of fused-ring (bicyclic) bond motifs is 3. The summed E-state index contributed by atoms with van der Waals surface area (Å²) in [5.74, 6) is 1.70. The normalized spacial score (nSPS) is 10.7. The van der Waals surface area contributed by atoms with Gasteiger partial charge in [0.05, 0.1) is 41.0 Å². The number of nitriles is 2. The van der Waals surface area contributed by atoms with Crippen molar-refractivity contribution in [2.75, 3.05) is 0 Å². The molecule has 6 rings (SSSR count). The number of aryl methyl sites for hydroxylation is 2. The molecule has 0 spiro atoms. The molecule has 0 unspecified atom stereocenters. The first-order chi connectivity index (χ1) is 19.0. The van der Waals surface area contributed by atoms with Gasteiger partial charge in [0, 0.05) is 21.9 Å². The van der Waals surface area contributed by atoms with Crippen LogP contribution in [0.3, 0.4) is 0 Å². The van der Waals surface area contributed by atoms with E-state index in [0.717, 1.165) is 44.2 Å². The van der Waals surface area contributed by atoms with Crippen LogP contribution in [0.4, 0.5) is 5.69 Å². The van der Waals surface area contributed by atoms with Gasteiger partial charge in [-0.25, -0.2) is 19.8 Å². The Balaban J connectivity index is 1.70. The summed E-state index contributed by atoms with van der Waals surface area (Å²) < 4.78 is 2.16. The van der Waals surface area contributed by atoms with Crippen molar-refractivity contribution in [3.05, 3.63) is 113 Å². The predicted molar refractivity (Wildman–Crippen MR) is 150 cm³/mol. The van der Waals surface area contributed by atoms with Crippen LogP contribution in [0.25, 0.3) is 54.9 Å². The zero-order valence-corrected chi connectivity index (χ0v) is 21.1. The Kier molecular flexibility index (Phi) is 5.57. The number of aromatic nitrogens is 4. The van der Waals surface area contributed by atoms with E-state index < -0.39 is 0 Å². The monoisotopic (exact) mass is 501 g/mol. The molecule has 0 N–H and O–H groups in total. The third-order valence-electron chi connectivity index (χ3n) is 6.65. The summed E-state index contributed by atoms with van der Waals surface area (Å²) in [6.07, 6.45) is 0. The second-order valence-corrected chi connectivity index (χ2v) is 9.17. The molecule has 0 saturated carbocycles. The Labute approximate surface area is 224 Å². The van der Waals surface area contributed by atoms with E-state index in [1.165, 1.54) is 0 Å². The molecular weight excluding hydrogens is 482 g/mol. The van der Waals surface area contributed by atoms with Gasteiger partial charge in [-0.15, -0.1) is 0 Å². The van der Waals surface area contributed by atoms with Crippen LogP contribution in [0.15, 0.2) is 78.9 Å². The summed E-state index contributed by atoms with van der Waals surface area (Å²) in [4.78, 5) is 17.1. The first-order valence-electron chi connectivity index (χ1n) is 12.2. The van der Waals surface area contributed by atoms with E-state index in [0.29, 0.717) is 34.3 Å². The highest BCUT2D eigenvalue weighted by atomic mass is 15.0. The van der Waals surface area contributed by atoms with E-state index in [1.807, 2.05) is 44.2 Å². The maximum absolute atomic E-state index is 9.68. The molecule has 0 aliphatic heterocycles. The lowest BCUT2D eigenvalue weighted by Gasteiger charge is -2.14. The van der Waals surface area contributed by atoms with Gasteiger partial charge >= 0.3 is 0 Å². The summed E-state index contributed by atoms with van der Waals surface area (Å²) in [5, 5.41) is 21.3. The van der Waals surface area contributed by atoms with E-state index >= 15 is 0 Å². The van der Waals surface area contributed by atoms with Crippen LogP contribution < -0.4 is 0 Å². The van der Waals surface area contributed by atoms with Crippen molar-refractivity contribution in [3.63, 3.8) is 0 Å². The van der Waals surface area contributed by atoms with Crippen molar-refractivity contribution in [2.24, 2.45) is 0 Å². The Morgan fingerprint density at radius 1 is 0.718 bits per heavy atom. The van der Waals surface area contributed by atoms with E-state index in [2.05, 4.69) is 60.8 Å². The largest absolute Gasteiger partial charge is 0.308 e.